The molecule has 1 aromatic rings. The van der Waals surface area contributed by atoms with Crippen LogP contribution in [0, 0.1) is 0 Å². The number of benzene rings is 1. The lowest BCUT2D eigenvalue weighted by atomic mass is 9.82. The van der Waals surface area contributed by atoms with E-state index in [0.717, 1.165) is 32.1 Å². The van der Waals surface area contributed by atoms with Crippen LogP contribution in [0.3, 0.4) is 0 Å². The van der Waals surface area contributed by atoms with Gasteiger partial charge < -0.3 is 10.1 Å². The van der Waals surface area contributed by atoms with Crippen LogP contribution in [0.4, 0.5) is 5.69 Å². The van der Waals surface area contributed by atoms with Crippen LogP contribution < -0.4 is 10.1 Å². The predicted octanol–water partition coefficient (Wildman–Crippen LogP) is 4.36. The minimum Gasteiger partial charge on any atom is -0.494 e. The van der Waals surface area contributed by atoms with Gasteiger partial charge in [0, 0.05) is 13.1 Å². The Morgan fingerprint density at radius 2 is 1.97 bits per heavy atom. The number of thiocarbonyl (C=S) groups is 1. The Morgan fingerprint density at radius 1 is 1.30 bits per heavy atom. The molecule has 0 aromatic heterocycles. The molecule has 9 heteroatoms. The van der Waals surface area contributed by atoms with Gasteiger partial charge in [0.25, 0.3) is 0 Å². The fraction of sp³-hybridized carbons (Fsp3) is 0.619. The molecule has 1 N–H and O–H groups in total. The van der Waals surface area contributed by atoms with Gasteiger partial charge in [0.2, 0.25) is 5.91 Å². The van der Waals surface area contributed by atoms with Gasteiger partial charge in [0.05, 0.1) is 12.5 Å². The number of hydrogen-bond acceptors (Lipinski definition) is 6. The molecule has 0 fully saturated rings. The van der Waals surface area contributed by atoms with Crippen LogP contribution in [0.1, 0.15) is 65.4 Å². The Morgan fingerprint density at radius 3 is 2.47 bits per heavy atom. The summed E-state index contributed by atoms with van der Waals surface area (Å²) in [5.74, 6) is 0.171. The highest BCUT2D eigenvalue weighted by Crippen LogP contribution is 2.35. The molecule has 0 aliphatic heterocycles. The molecule has 7 nitrogen and oxygen atoms in total. The van der Waals surface area contributed by atoms with Crippen LogP contribution in [-0.2, 0) is 20.7 Å². The number of ether oxygens (including phenoxy) is 1. The third-order valence-electron chi connectivity index (χ3n) is 5.24. The maximum atomic E-state index is 13.7. The summed E-state index contributed by atoms with van der Waals surface area (Å²) in [5, 5.41) is 3.33. The van der Waals surface area contributed by atoms with Crippen molar-refractivity contribution in [2.45, 2.75) is 71.3 Å². The molecule has 1 rings (SSSR count). The van der Waals surface area contributed by atoms with Gasteiger partial charge in [-0.3, -0.25) is 9.69 Å². The average molecular weight is 456 g/mol. The summed E-state index contributed by atoms with van der Waals surface area (Å²) in [5.41, 5.74) is -0.174. The first-order valence-corrected chi connectivity index (χ1v) is 11.6. The van der Waals surface area contributed by atoms with Crippen LogP contribution in [-0.4, -0.2) is 44.5 Å². The van der Waals surface area contributed by atoms with E-state index in [1.54, 1.807) is 44.0 Å². The van der Waals surface area contributed by atoms with E-state index in [2.05, 4.69) is 23.5 Å². The molecule has 1 aromatic carbocycles. The van der Waals surface area contributed by atoms with E-state index in [0.29, 0.717) is 16.4 Å². The van der Waals surface area contributed by atoms with E-state index in [1.165, 1.54) is 7.11 Å². The predicted molar refractivity (Wildman–Crippen MR) is 124 cm³/mol. The molecule has 1 unspecified atom stereocenters. The van der Waals surface area contributed by atoms with Gasteiger partial charge in [-0.2, -0.15) is 8.42 Å². The Labute approximate surface area is 186 Å². The van der Waals surface area contributed by atoms with Crippen LogP contribution in [0.15, 0.2) is 22.6 Å². The Kier molecular flexibility index (Phi) is 10.4. The van der Waals surface area contributed by atoms with Crippen molar-refractivity contribution in [1.29, 1.82) is 0 Å². The van der Waals surface area contributed by atoms with E-state index in [1.807, 2.05) is 0 Å². The topological polar surface area (TPSA) is 88.1 Å². The Balaban J connectivity index is 3.40. The number of hydrogen-bond donors (Lipinski definition) is 1. The van der Waals surface area contributed by atoms with E-state index in [-0.39, 0.29) is 17.6 Å². The molecule has 0 saturated carbocycles. The lowest BCUT2D eigenvalue weighted by molar-refractivity contribution is -0.134. The highest BCUT2D eigenvalue weighted by Gasteiger charge is 2.38. The van der Waals surface area contributed by atoms with E-state index < -0.39 is 15.9 Å². The first-order chi connectivity index (χ1) is 14.1. The molecular formula is C21H33N3O4S2. The molecule has 0 radical (unpaired) electrons. The minimum atomic E-state index is -2.64. The Hall–Kier alpha value is -2.00. The van der Waals surface area contributed by atoms with Crippen LogP contribution >= 0.6 is 12.2 Å². The van der Waals surface area contributed by atoms with Gasteiger partial charge >= 0.3 is 10.5 Å². The second kappa shape index (κ2) is 12.0. The normalized spacial score (nSPS) is 12.1. The summed E-state index contributed by atoms with van der Waals surface area (Å²) in [4.78, 5) is 15.4. The van der Waals surface area contributed by atoms with Crippen molar-refractivity contribution in [2.24, 2.45) is 4.36 Å². The van der Waals surface area contributed by atoms with Gasteiger partial charge in [0.15, 0.2) is 5.11 Å². The summed E-state index contributed by atoms with van der Waals surface area (Å²) in [6.07, 6.45) is 4.87. The van der Waals surface area contributed by atoms with Gasteiger partial charge in [-0.05, 0) is 56.6 Å². The highest BCUT2D eigenvalue weighted by atomic mass is 32.2. The molecule has 168 valence electrons. The molecule has 30 heavy (non-hydrogen) atoms. The summed E-state index contributed by atoms with van der Waals surface area (Å²) in [6.45, 7) is 7.81. The zero-order valence-electron chi connectivity index (χ0n) is 18.7. The largest absolute Gasteiger partial charge is 0.494 e. The van der Waals surface area contributed by atoms with Crippen molar-refractivity contribution in [2.75, 3.05) is 14.2 Å². The van der Waals surface area contributed by atoms with Crippen molar-refractivity contribution in [1.82, 2.24) is 10.2 Å². The maximum absolute atomic E-state index is 13.7. The molecule has 1 amide bonds. The summed E-state index contributed by atoms with van der Waals surface area (Å²) in [7, 11) is 0.512. The molecule has 0 bridgehead atoms. The number of nitrogens with zero attached hydrogens (tertiary/aromatic N) is 2. The standard InChI is InChI=1S/C21H33N3O4S2/c1-7-9-10-11-16(8-2)24(20(29)22-5)19(25)21(3,4)15-12-13-18(28-6)17(14-15)23-30(26)27/h12-14,16H,7-11H2,1-6H3,(H,22,29). The van der Waals surface area contributed by atoms with Crippen LogP contribution in [0.5, 0.6) is 5.75 Å². The van der Waals surface area contributed by atoms with Gasteiger partial charge in [-0.1, -0.05) is 39.2 Å². The SMILES string of the molecule is CCCCCC(CC)N(C(=O)C(C)(C)c1ccc(OC)c(N=S(=O)=O)c1)C(=S)NC. The Bertz CT molecular complexity index is 874. The molecule has 0 spiro atoms. The van der Waals surface area contributed by atoms with Crippen LogP contribution in [0.2, 0.25) is 0 Å². The van der Waals surface area contributed by atoms with Gasteiger partial charge in [0.1, 0.15) is 11.4 Å². The fourth-order valence-electron chi connectivity index (χ4n) is 3.35. The number of amides is 1. The number of methoxy groups -OCH3 is 1. The van der Waals surface area contributed by atoms with Crippen molar-refractivity contribution >= 4 is 39.4 Å². The van der Waals surface area contributed by atoms with Gasteiger partial charge in [-0.15, -0.1) is 4.36 Å². The zero-order chi connectivity index (χ0) is 22.9. The van der Waals surface area contributed by atoms with E-state index >= 15 is 0 Å². The quantitative estimate of drug-likeness (QED) is 0.417. The number of carbonyl (C=O) groups excluding carboxylic acids is 1. The third-order valence-corrected chi connectivity index (χ3v) is 5.98. The molecule has 1 atom stereocenters. The molecule has 0 aliphatic rings. The third kappa shape index (κ3) is 6.50. The lowest BCUT2D eigenvalue weighted by Gasteiger charge is -2.37. The zero-order valence-corrected chi connectivity index (χ0v) is 20.3. The molecule has 0 heterocycles. The second-order valence-electron chi connectivity index (χ2n) is 7.61. The van der Waals surface area contributed by atoms with Crippen molar-refractivity contribution in [3.8, 4) is 5.75 Å². The van der Waals surface area contributed by atoms with Crippen LogP contribution in [0.25, 0.3) is 0 Å². The second-order valence-corrected chi connectivity index (χ2v) is 8.61. The first-order valence-electron chi connectivity index (χ1n) is 10.2. The first kappa shape index (κ1) is 26.0. The molecular weight excluding hydrogens is 422 g/mol. The lowest BCUT2D eigenvalue weighted by Crippen LogP contribution is -2.54. The minimum absolute atomic E-state index is 0.0140. The maximum Gasteiger partial charge on any atom is 0.316 e. The number of rotatable bonds is 10. The summed E-state index contributed by atoms with van der Waals surface area (Å²) < 4.78 is 31.0. The summed E-state index contributed by atoms with van der Waals surface area (Å²) in [6, 6.07) is 4.93. The smallest absolute Gasteiger partial charge is 0.316 e. The highest BCUT2D eigenvalue weighted by molar-refractivity contribution is 7.80. The number of unbranched alkanes of at least 4 members (excludes halogenated alkanes) is 2. The fourth-order valence-corrected chi connectivity index (χ4v) is 3.88. The van der Waals surface area contributed by atoms with Crippen molar-refractivity contribution < 1.29 is 17.9 Å². The molecule has 0 aliphatic carbocycles. The monoisotopic (exact) mass is 455 g/mol. The average Bonchev–Trinajstić information content (AvgIpc) is 2.71. The molecule has 0 saturated heterocycles. The summed E-state index contributed by atoms with van der Waals surface area (Å²) >= 11 is 5.49. The van der Waals surface area contributed by atoms with E-state index in [4.69, 9.17) is 17.0 Å². The number of nitrogens with one attached hydrogen (secondary N) is 1. The number of carbonyl (C=O) groups is 1. The van der Waals surface area contributed by atoms with Crippen molar-refractivity contribution in [3.05, 3.63) is 23.8 Å². The van der Waals surface area contributed by atoms with Crippen molar-refractivity contribution in [3.63, 3.8) is 0 Å². The van der Waals surface area contributed by atoms with E-state index in [9.17, 15) is 13.2 Å². The van der Waals surface area contributed by atoms with Gasteiger partial charge in [-0.25, -0.2) is 0 Å².